The molecule has 6 rings (SSSR count). The number of hydrogen-bond donors (Lipinski definition) is 2. The van der Waals surface area contributed by atoms with Crippen LogP contribution in [0.4, 0.5) is 11.4 Å². The summed E-state index contributed by atoms with van der Waals surface area (Å²) in [5.41, 5.74) is 6.83. The molecule has 0 radical (unpaired) electrons. The number of nitrogens with two attached hydrogens (primary N) is 1. The maximum atomic E-state index is 12.3. The molecule has 0 amide bonds. The first kappa shape index (κ1) is 39.8. The molecule has 2 aromatic carbocycles. The van der Waals surface area contributed by atoms with Crippen molar-refractivity contribution in [2.45, 2.75) is 9.79 Å². The number of nitriles is 2. The summed E-state index contributed by atoms with van der Waals surface area (Å²) in [6.07, 6.45) is 11.3. The SMILES string of the molecule is N#Cc1cc(N)ccc1Oc1cncc(Cl)c1.N#Cc1cc(NS(=O)(=O)c2cccnc2)ccc1Oc1cncc(Cl)c1.O=S(=O)(Cl)c1cccnc1. The average molecular weight is 810 g/mol. The van der Waals surface area contributed by atoms with Gasteiger partial charge in [-0.25, -0.2) is 16.8 Å². The number of benzene rings is 2. The van der Waals surface area contributed by atoms with Gasteiger partial charge in [-0.05, 0) is 60.7 Å². The molecule has 4 aromatic heterocycles. The van der Waals surface area contributed by atoms with Crippen LogP contribution in [0.3, 0.4) is 0 Å². The third-order valence-electron chi connectivity index (χ3n) is 6.15. The second-order valence-corrected chi connectivity index (χ2v) is 15.1. The largest absolute Gasteiger partial charge is 0.454 e. The molecule has 0 saturated heterocycles. The first-order valence-electron chi connectivity index (χ1n) is 14.5. The zero-order valence-electron chi connectivity index (χ0n) is 26.7. The summed E-state index contributed by atoms with van der Waals surface area (Å²) >= 11 is 11.6. The summed E-state index contributed by atoms with van der Waals surface area (Å²) in [6, 6.07) is 22.2. The third-order valence-corrected chi connectivity index (χ3v) is 9.27. The minimum Gasteiger partial charge on any atom is -0.454 e. The highest BCUT2D eigenvalue weighted by Gasteiger charge is 2.16. The lowest BCUT2D eigenvalue weighted by Gasteiger charge is -2.11. The Morgan fingerprint density at radius 1 is 0.642 bits per heavy atom. The minimum atomic E-state index is -3.81. The fourth-order valence-electron chi connectivity index (χ4n) is 3.86. The topological polar surface area (TPSA) is 224 Å². The number of nitrogens with one attached hydrogen (secondary N) is 1. The molecule has 0 bridgehead atoms. The highest BCUT2D eigenvalue weighted by atomic mass is 35.7. The molecule has 3 N–H and O–H groups in total. The van der Waals surface area contributed by atoms with Gasteiger partial charge in [0.1, 0.15) is 44.9 Å². The summed E-state index contributed by atoms with van der Waals surface area (Å²) in [5.74, 6) is 1.50. The highest BCUT2D eigenvalue weighted by molar-refractivity contribution is 8.13. The number of anilines is 2. The maximum Gasteiger partial charge on any atom is 0.263 e. The average Bonchev–Trinajstić information content (AvgIpc) is 3.14. The van der Waals surface area contributed by atoms with Crippen molar-refractivity contribution in [3.05, 3.63) is 144 Å². The Kier molecular flexibility index (Phi) is 13.9. The van der Waals surface area contributed by atoms with E-state index in [1.165, 1.54) is 92.0 Å². The van der Waals surface area contributed by atoms with Crippen LogP contribution in [0, 0.1) is 22.7 Å². The maximum absolute atomic E-state index is 12.3. The van der Waals surface area contributed by atoms with Crippen LogP contribution in [0.2, 0.25) is 10.0 Å². The van der Waals surface area contributed by atoms with Crippen LogP contribution in [0.1, 0.15) is 11.1 Å². The summed E-state index contributed by atoms with van der Waals surface area (Å²) in [7, 11) is -2.41. The molecule has 0 spiro atoms. The molecular formula is C34H23Cl3N8O6S2. The van der Waals surface area contributed by atoms with E-state index in [1.807, 2.05) is 12.1 Å². The molecule has 0 aliphatic rings. The molecular weight excluding hydrogens is 787 g/mol. The number of halogens is 3. The Hall–Kier alpha value is -6.01. The Morgan fingerprint density at radius 2 is 1.15 bits per heavy atom. The van der Waals surface area contributed by atoms with E-state index >= 15 is 0 Å². The normalized spacial score (nSPS) is 10.5. The van der Waals surface area contributed by atoms with Crippen molar-refractivity contribution >= 4 is 64.3 Å². The summed E-state index contributed by atoms with van der Waals surface area (Å²) in [4.78, 5) is 15.2. The van der Waals surface area contributed by atoms with Crippen molar-refractivity contribution in [1.82, 2.24) is 19.9 Å². The van der Waals surface area contributed by atoms with Crippen LogP contribution in [-0.2, 0) is 19.1 Å². The van der Waals surface area contributed by atoms with Gasteiger partial charge in [0.15, 0.2) is 0 Å². The van der Waals surface area contributed by atoms with Crippen LogP contribution in [-0.4, -0.2) is 36.8 Å². The molecule has 4 heterocycles. The van der Waals surface area contributed by atoms with Gasteiger partial charge < -0.3 is 15.2 Å². The lowest BCUT2D eigenvalue weighted by Crippen LogP contribution is -2.13. The van der Waals surface area contributed by atoms with Crippen molar-refractivity contribution < 1.29 is 26.3 Å². The molecule has 14 nitrogen and oxygen atoms in total. The molecule has 0 saturated carbocycles. The van der Waals surface area contributed by atoms with Crippen molar-refractivity contribution in [3.63, 3.8) is 0 Å². The lowest BCUT2D eigenvalue weighted by atomic mass is 10.2. The van der Waals surface area contributed by atoms with Crippen molar-refractivity contribution in [1.29, 1.82) is 10.5 Å². The number of hydrogen-bond acceptors (Lipinski definition) is 13. The predicted molar refractivity (Wildman–Crippen MR) is 198 cm³/mol. The second kappa shape index (κ2) is 18.5. The summed E-state index contributed by atoms with van der Waals surface area (Å²) < 4.78 is 59.3. The zero-order valence-corrected chi connectivity index (χ0v) is 30.6. The van der Waals surface area contributed by atoms with Crippen LogP contribution in [0.15, 0.2) is 132 Å². The fourth-order valence-corrected chi connectivity index (χ4v) is 5.90. The third kappa shape index (κ3) is 12.3. The van der Waals surface area contributed by atoms with E-state index in [9.17, 15) is 22.1 Å². The Morgan fingerprint density at radius 3 is 1.60 bits per heavy atom. The molecule has 0 unspecified atom stereocenters. The van der Waals surface area contributed by atoms with Crippen LogP contribution in [0.25, 0.3) is 0 Å². The van der Waals surface area contributed by atoms with Crippen molar-refractivity contribution in [3.8, 4) is 35.1 Å². The Bertz CT molecular complexity index is 2500. The van der Waals surface area contributed by atoms with Gasteiger partial charge in [0.25, 0.3) is 19.1 Å². The lowest BCUT2D eigenvalue weighted by molar-refractivity contribution is 0.478. The Labute approximate surface area is 318 Å². The van der Waals surface area contributed by atoms with Gasteiger partial charge in [-0.1, -0.05) is 23.2 Å². The van der Waals surface area contributed by atoms with E-state index < -0.39 is 19.1 Å². The van der Waals surface area contributed by atoms with E-state index in [0.717, 1.165) is 0 Å². The molecule has 0 aliphatic heterocycles. The molecule has 6 aromatic rings. The molecule has 19 heteroatoms. The number of ether oxygens (including phenoxy) is 2. The first-order valence-corrected chi connectivity index (χ1v) is 19.0. The van der Waals surface area contributed by atoms with Gasteiger partial charge in [-0.15, -0.1) is 0 Å². The van der Waals surface area contributed by atoms with Gasteiger partial charge in [-0.2, -0.15) is 10.5 Å². The monoisotopic (exact) mass is 808 g/mol. The number of nitrogen functional groups attached to an aromatic ring is 1. The Balaban J connectivity index is 0.000000198. The van der Waals surface area contributed by atoms with E-state index in [2.05, 4.69) is 24.7 Å². The number of sulfonamides is 1. The number of aromatic nitrogens is 4. The van der Waals surface area contributed by atoms with Crippen LogP contribution >= 0.6 is 33.9 Å². The molecule has 0 aliphatic carbocycles. The summed E-state index contributed by atoms with van der Waals surface area (Å²) in [6.45, 7) is 0. The highest BCUT2D eigenvalue weighted by Crippen LogP contribution is 2.30. The van der Waals surface area contributed by atoms with Crippen molar-refractivity contribution in [2.24, 2.45) is 0 Å². The predicted octanol–water partition coefficient (Wildman–Crippen LogP) is 7.59. The standard InChI is InChI=1S/C17H11ClN4O3S.C12H8ClN3O.C5H4ClNO2S/c18-13-7-15(10-21-9-13)25-17-4-3-14(6-12(17)8-19)22-26(23,24)16-2-1-5-20-11-16;13-9-4-11(7-16-6-9)17-12-2-1-10(15)3-8(12)5-14;6-10(8,9)5-2-1-3-7-4-5/h1-7,9-11,22H;1-4,6-7H,15H2;1-4H. The first-order chi connectivity index (χ1) is 25.3. The smallest absolute Gasteiger partial charge is 0.263 e. The van der Waals surface area contributed by atoms with E-state index in [0.29, 0.717) is 38.5 Å². The molecule has 0 fully saturated rings. The zero-order chi connectivity index (χ0) is 38.4. The van der Waals surface area contributed by atoms with Gasteiger partial charge in [0.2, 0.25) is 0 Å². The molecule has 0 atom stereocenters. The quantitative estimate of drug-likeness (QED) is 0.112. The molecule has 268 valence electrons. The van der Waals surface area contributed by atoms with Gasteiger partial charge in [-0.3, -0.25) is 24.7 Å². The van der Waals surface area contributed by atoms with Gasteiger partial charge in [0.05, 0.1) is 39.3 Å². The van der Waals surface area contributed by atoms with E-state index in [-0.39, 0.29) is 26.8 Å². The minimum absolute atomic E-state index is 0.0174. The van der Waals surface area contributed by atoms with Gasteiger partial charge in [0, 0.05) is 65.7 Å². The van der Waals surface area contributed by atoms with Crippen LogP contribution in [0.5, 0.6) is 23.0 Å². The van der Waals surface area contributed by atoms with E-state index in [4.69, 9.17) is 54.4 Å². The molecule has 53 heavy (non-hydrogen) atoms. The number of pyridine rings is 4. The second-order valence-electron chi connectivity index (χ2n) is 9.99. The number of nitrogens with zero attached hydrogens (tertiary/aromatic N) is 6. The van der Waals surface area contributed by atoms with Crippen molar-refractivity contribution in [2.75, 3.05) is 10.5 Å². The van der Waals surface area contributed by atoms with Gasteiger partial charge >= 0.3 is 0 Å². The van der Waals surface area contributed by atoms with Crippen LogP contribution < -0.4 is 19.9 Å². The number of rotatable bonds is 8. The van der Waals surface area contributed by atoms with E-state index in [1.54, 1.807) is 30.3 Å². The fraction of sp³-hybridized carbons (Fsp3) is 0. The summed E-state index contributed by atoms with van der Waals surface area (Å²) in [5, 5.41) is 19.1.